The van der Waals surface area contributed by atoms with E-state index in [1.54, 1.807) is 0 Å². The number of nitrogens with two attached hydrogens (primary N) is 1. The van der Waals surface area contributed by atoms with E-state index in [-0.39, 0.29) is 0 Å². The van der Waals surface area contributed by atoms with Crippen LogP contribution in [-0.4, -0.2) is 30.2 Å². The summed E-state index contributed by atoms with van der Waals surface area (Å²) in [5.41, 5.74) is 6.82. The molecule has 1 aromatic rings. The molecule has 2 saturated heterocycles. The van der Waals surface area contributed by atoms with Crippen molar-refractivity contribution in [3.8, 4) is 0 Å². The van der Waals surface area contributed by atoms with Gasteiger partial charge in [-0.2, -0.15) is 0 Å². The van der Waals surface area contributed by atoms with Gasteiger partial charge in [0.15, 0.2) is 0 Å². The van der Waals surface area contributed by atoms with Crippen LogP contribution in [0.25, 0.3) is 0 Å². The maximum atomic E-state index is 5.60. The van der Waals surface area contributed by atoms with Gasteiger partial charge in [-0.3, -0.25) is 0 Å². The summed E-state index contributed by atoms with van der Waals surface area (Å²) in [5, 5.41) is 3.47. The molecule has 0 unspecified atom stereocenters. The molecule has 2 aliphatic rings. The third-order valence-corrected chi connectivity index (χ3v) is 3.45. The number of hydrogen-bond acceptors (Lipinski definition) is 4. The predicted molar refractivity (Wildman–Crippen MR) is 60.8 cm³/mol. The van der Waals surface area contributed by atoms with Gasteiger partial charge < -0.3 is 16.0 Å². The Kier molecular flexibility index (Phi) is 2.02. The highest BCUT2D eigenvalue weighted by molar-refractivity contribution is 5.51. The van der Waals surface area contributed by atoms with Gasteiger partial charge in [0.25, 0.3) is 0 Å². The van der Waals surface area contributed by atoms with Gasteiger partial charge in [0, 0.05) is 25.2 Å². The lowest BCUT2D eigenvalue weighted by Crippen LogP contribution is -2.52. The molecule has 3 N–H and O–H groups in total. The Morgan fingerprint density at radius 3 is 2.60 bits per heavy atom. The highest BCUT2D eigenvalue weighted by atomic mass is 15.3. The molecular formula is C11H16N4. The summed E-state index contributed by atoms with van der Waals surface area (Å²) >= 11 is 0. The van der Waals surface area contributed by atoms with E-state index >= 15 is 0 Å². The zero-order valence-electron chi connectivity index (χ0n) is 8.69. The minimum atomic E-state index is 0.598. The number of piperazine rings is 1. The van der Waals surface area contributed by atoms with Crippen molar-refractivity contribution in [2.45, 2.75) is 24.9 Å². The monoisotopic (exact) mass is 204 g/mol. The van der Waals surface area contributed by atoms with Gasteiger partial charge in [0.05, 0.1) is 11.9 Å². The maximum absolute atomic E-state index is 5.60. The largest absolute Gasteiger partial charge is 0.384 e. The van der Waals surface area contributed by atoms with E-state index in [0.717, 1.165) is 13.1 Å². The molecule has 0 aliphatic carbocycles. The van der Waals surface area contributed by atoms with Crippen LogP contribution in [0.4, 0.5) is 11.5 Å². The van der Waals surface area contributed by atoms with Crippen molar-refractivity contribution in [2.24, 2.45) is 0 Å². The van der Waals surface area contributed by atoms with Crippen LogP contribution in [0.1, 0.15) is 12.8 Å². The minimum absolute atomic E-state index is 0.598. The van der Waals surface area contributed by atoms with Crippen molar-refractivity contribution in [2.75, 3.05) is 23.7 Å². The van der Waals surface area contributed by atoms with E-state index in [0.29, 0.717) is 17.9 Å². The molecule has 2 atom stereocenters. The van der Waals surface area contributed by atoms with Gasteiger partial charge in [-0.1, -0.05) is 0 Å². The van der Waals surface area contributed by atoms with Crippen LogP contribution in [0.2, 0.25) is 0 Å². The zero-order valence-corrected chi connectivity index (χ0v) is 8.69. The standard InChI is InChI=1S/C11H16N4/c12-11-4-3-10(7-14-11)15-8-1-2-9(15)6-13-5-8/h3-4,7-9,13H,1-2,5-6H2,(H2,12,14)/t8-,9+. The van der Waals surface area contributed by atoms with E-state index in [9.17, 15) is 0 Å². The average Bonchev–Trinajstić information content (AvgIpc) is 2.51. The number of anilines is 2. The van der Waals surface area contributed by atoms with Gasteiger partial charge in [0.1, 0.15) is 5.82 Å². The van der Waals surface area contributed by atoms with Gasteiger partial charge in [0.2, 0.25) is 0 Å². The molecule has 4 heteroatoms. The van der Waals surface area contributed by atoms with Gasteiger partial charge in [-0.15, -0.1) is 0 Å². The van der Waals surface area contributed by atoms with Crippen LogP contribution >= 0.6 is 0 Å². The third-order valence-electron chi connectivity index (χ3n) is 3.45. The summed E-state index contributed by atoms with van der Waals surface area (Å²) in [5.74, 6) is 0.598. The molecule has 2 aliphatic heterocycles. The van der Waals surface area contributed by atoms with E-state index in [4.69, 9.17) is 5.73 Å². The van der Waals surface area contributed by atoms with E-state index in [1.807, 2.05) is 12.3 Å². The zero-order chi connectivity index (χ0) is 10.3. The number of pyridine rings is 1. The fraction of sp³-hybridized carbons (Fsp3) is 0.545. The molecular weight excluding hydrogens is 188 g/mol. The first-order valence-corrected chi connectivity index (χ1v) is 5.55. The van der Waals surface area contributed by atoms with E-state index in [1.165, 1.54) is 18.5 Å². The Morgan fingerprint density at radius 1 is 1.27 bits per heavy atom. The smallest absolute Gasteiger partial charge is 0.123 e. The molecule has 0 saturated carbocycles. The molecule has 15 heavy (non-hydrogen) atoms. The molecule has 3 rings (SSSR count). The second kappa shape index (κ2) is 3.38. The normalized spacial score (nSPS) is 29.5. The van der Waals surface area contributed by atoms with Gasteiger partial charge in [-0.25, -0.2) is 4.98 Å². The first-order chi connectivity index (χ1) is 7.34. The molecule has 0 aromatic carbocycles. The lowest BCUT2D eigenvalue weighted by Gasteiger charge is -2.37. The predicted octanol–water partition coefficient (Wildman–Crippen LogP) is 0.604. The number of nitrogens with one attached hydrogen (secondary N) is 1. The molecule has 0 amide bonds. The van der Waals surface area contributed by atoms with E-state index < -0.39 is 0 Å². The lowest BCUT2D eigenvalue weighted by molar-refractivity contribution is 0.484. The maximum Gasteiger partial charge on any atom is 0.123 e. The van der Waals surface area contributed by atoms with Crippen molar-refractivity contribution in [1.82, 2.24) is 10.3 Å². The summed E-state index contributed by atoms with van der Waals surface area (Å²) < 4.78 is 0. The Morgan fingerprint density at radius 2 is 2.00 bits per heavy atom. The van der Waals surface area contributed by atoms with Crippen LogP contribution < -0.4 is 16.0 Å². The van der Waals surface area contributed by atoms with Crippen LogP contribution in [-0.2, 0) is 0 Å². The fourth-order valence-electron chi connectivity index (χ4n) is 2.75. The Bertz CT molecular complexity index is 332. The summed E-state index contributed by atoms with van der Waals surface area (Å²) in [7, 11) is 0. The second-order valence-electron chi connectivity index (χ2n) is 4.39. The summed E-state index contributed by atoms with van der Waals surface area (Å²) in [4.78, 5) is 6.67. The fourth-order valence-corrected chi connectivity index (χ4v) is 2.75. The topological polar surface area (TPSA) is 54.2 Å². The first kappa shape index (κ1) is 8.97. The molecule has 2 bridgehead atoms. The third kappa shape index (κ3) is 1.45. The Balaban J connectivity index is 1.90. The van der Waals surface area contributed by atoms with Crippen LogP contribution in [0.15, 0.2) is 18.3 Å². The molecule has 1 aromatic heterocycles. The van der Waals surface area contributed by atoms with Crippen LogP contribution in [0.5, 0.6) is 0 Å². The molecule has 0 spiro atoms. The summed E-state index contributed by atoms with van der Waals surface area (Å²) in [6.45, 7) is 2.20. The highest BCUT2D eigenvalue weighted by Gasteiger charge is 2.36. The Hall–Kier alpha value is -1.29. The molecule has 3 heterocycles. The van der Waals surface area contributed by atoms with Crippen molar-refractivity contribution >= 4 is 11.5 Å². The SMILES string of the molecule is Nc1ccc(N2[C@@H]3CC[C@H]2CNC3)cn1. The van der Waals surface area contributed by atoms with Crippen molar-refractivity contribution < 1.29 is 0 Å². The number of rotatable bonds is 1. The van der Waals surface area contributed by atoms with Gasteiger partial charge in [-0.05, 0) is 25.0 Å². The van der Waals surface area contributed by atoms with Crippen molar-refractivity contribution in [1.29, 1.82) is 0 Å². The number of hydrogen-bond donors (Lipinski definition) is 2. The highest BCUT2D eigenvalue weighted by Crippen LogP contribution is 2.31. The summed E-state index contributed by atoms with van der Waals surface area (Å²) in [6.07, 6.45) is 4.48. The minimum Gasteiger partial charge on any atom is -0.384 e. The van der Waals surface area contributed by atoms with Crippen LogP contribution in [0, 0.1) is 0 Å². The first-order valence-electron chi connectivity index (χ1n) is 5.55. The van der Waals surface area contributed by atoms with E-state index in [2.05, 4.69) is 21.3 Å². The number of nitrogen functional groups attached to an aromatic ring is 1. The molecule has 4 nitrogen and oxygen atoms in total. The average molecular weight is 204 g/mol. The molecule has 0 radical (unpaired) electrons. The van der Waals surface area contributed by atoms with Crippen LogP contribution in [0.3, 0.4) is 0 Å². The number of aromatic nitrogens is 1. The quantitative estimate of drug-likeness (QED) is 0.703. The van der Waals surface area contributed by atoms with Crippen molar-refractivity contribution in [3.05, 3.63) is 18.3 Å². The van der Waals surface area contributed by atoms with Crippen molar-refractivity contribution in [3.63, 3.8) is 0 Å². The number of fused-ring (bicyclic) bond motifs is 2. The lowest BCUT2D eigenvalue weighted by atomic mass is 10.2. The summed E-state index contributed by atoms with van der Waals surface area (Å²) in [6, 6.07) is 5.26. The van der Waals surface area contributed by atoms with Gasteiger partial charge >= 0.3 is 0 Å². The Labute approximate surface area is 89.5 Å². The molecule has 2 fully saturated rings. The number of nitrogens with zero attached hydrogens (tertiary/aromatic N) is 2. The molecule has 80 valence electrons. The second-order valence-corrected chi connectivity index (χ2v) is 4.39.